The standard InChI is InChI=1S/C8H9NS/c10-7-3-5-8-4-1-2-6-9-8/h1-4,6-7,10H,5H2. The molecule has 0 radical (unpaired) electrons. The van der Waals surface area contributed by atoms with Gasteiger partial charge in [0.25, 0.3) is 0 Å². The van der Waals surface area contributed by atoms with Crippen LogP contribution in [-0.2, 0) is 6.42 Å². The Morgan fingerprint density at radius 1 is 1.50 bits per heavy atom. The molecule has 10 heavy (non-hydrogen) atoms. The number of thiol groups is 1. The van der Waals surface area contributed by atoms with Crippen LogP contribution in [0.15, 0.2) is 35.9 Å². The summed E-state index contributed by atoms with van der Waals surface area (Å²) in [7, 11) is 0. The van der Waals surface area contributed by atoms with Crippen LogP contribution in [0, 0.1) is 0 Å². The molecule has 1 nitrogen and oxygen atoms in total. The number of allylic oxidation sites excluding steroid dienone is 1. The number of hydrogen-bond donors (Lipinski definition) is 1. The van der Waals surface area contributed by atoms with Gasteiger partial charge in [0.1, 0.15) is 0 Å². The molecule has 0 N–H and O–H groups in total. The maximum atomic E-state index is 4.13. The number of aromatic nitrogens is 1. The molecule has 52 valence electrons. The Hall–Kier alpha value is -0.760. The van der Waals surface area contributed by atoms with Crippen molar-refractivity contribution in [1.29, 1.82) is 0 Å². The molecular weight excluding hydrogens is 142 g/mol. The first kappa shape index (κ1) is 7.35. The molecule has 0 aliphatic rings. The van der Waals surface area contributed by atoms with Crippen LogP contribution in [-0.4, -0.2) is 4.98 Å². The van der Waals surface area contributed by atoms with E-state index < -0.39 is 0 Å². The minimum absolute atomic E-state index is 0.865. The minimum Gasteiger partial charge on any atom is -0.261 e. The zero-order valence-electron chi connectivity index (χ0n) is 5.57. The van der Waals surface area contributed by atoms with Crippen molar-refractivity contribution < 1.29 is 0 Å². The van der Waals surface area contributed by atoms with Gasteiger partial charge in [0.15, 0.2) is 0 Å². The van der Waals surface area contributed by atoms with Crippen LogP contribution in [0.1, 0.15) is 5.69 Å². The molecule has 0 fully saturated rings. The van der Waals surface area contributed by atoms with Gasteiger partial charge >= 0.3 is 0 Å². The van der Waals surface area contributed by atoms with Crippen molar-refractivity contribution in [3.63, 3.8) is 0 Å². The largest absolute Gasteiger partial charge is 0.261 e. The first-order chi connectivity index (χ1) is 4.93. The summed E-state index contributed by atoms with van der Waals surface area (Å²) >= 11 is 3.94. The Morgan fingerprint density at radius 3 is 3.00 bits per heavy atom. The summed E-state index contributed by atoms with van der Waals surface area (Å²) in [6.45, 7) is 0. The van der Waals surface area contributed by atoms with Crippen LogP contribution >= 0.6 is 12.6 Å². The maximum absolute atomic E-state index is 4.13. The summed E-state index contributed by atoms with van der Waals surface area (Å²) in [5.41, 5.74) is 1.08. The average Bonchev–Trinajstić information content (AvgIpc) is 2.03. The third-order valence-electron chi connectivity index (χ3n) is 1.16. The van der Waals surface area contributed by atoms with E-state index in [-0.39, 0.29) is 0 Å². The Kier molecular flexibility index (Phi) is 3.03. The third kappa shape index (κ3) is 2.23. The lowest BCUT2D eigenvalue weighted by Crippen LogP contribution is -1.83. The van der Waals surface area contributed by atoms with Gasteiger partial charge in [0, 0.05) is 18.3 Å². The van der Waals surface area contributed by atoms with E-state index in [9.17, 15) is 0 Å². The highest BCUT2D eigenvalue weighted by Crippen LogP contribution is 1.95. The second-order valence-corrected chi connectivity index (χ2v) is 2.21. The molecule has 0 saturated heterocycles. The molecule has 1 aromatic heterocycles. The van der Waals surface area contributed by atoms with Crippen molar-refractivity contribution in [3.05, 3.63) is 41.6 Å². The van der Waals surface area contributed by atoms with Crippen molar-refractivity contribution in [2.24, 2.45) is 0 Å². The topological polar surface area (TPSA) is 12.9 Å². The molecule has 0 aliphatic heterocycles. The number of hydrogen-bond acceptors (Lipinski definition) is 2. The smallest absolute Gasteiger partial charge is 0.0441 e. The summed E-state index contributed by atoms with van der Waals surface area (Å²) in [5.74, 6) is 0. The molecule has 0 atom stereocenters. The Morgan fingerprint density at radius 2 is 2.40 bits per heavy atom. The van der Waals surface area contributed by atoms with E-state index in [4.69, 9.17) is 0 Å². The van der Waals surface area contributed by atoms with Crippen LogP contribution < -0.4 is 0 Å². The molecule has 0 spiro atoms. The van der Waals surface area contributed by atoms with E-state index in [1.54, 1.807) is 11.6 Å². The number of rotatable bonds is 2. The summed E-state index contributed by atoms with van der Waals surface area (Å²) in [4.78, 5) is 4.13. The molecule has 1 heterocycles. The van der Waals surface area contributed by atoms with Crippen LogP contribution in [0.3, 0.4) is 0 Å². The zero-order valence-corrected chi connectivity index (χ0v) is 6.46. The predicted octanol–water partition coefficient (Wildman–Crippen LogP) is 2.07. The highest BCUT2D eigenvalue weighted by atomic mass is 32.1. The van der Waals surface area contributed by atoms with Crippen molar-refractivity contribution in [2.75, 3.05) is 0 Å². The summed E-state index contributed by atoms with van der Waals surface area (Å²) in [6, 6.07) is 5.89. The fraction of sp³-hybridized carbons (Fsp3) is 0.125. The van der Waals surface area contributed by atoms with Crippen LogP contribution in [0.5, 0.6) is 0 Å². The highest BCUT2D eigenvalue weighted by molar-refractivity contribution is 7.83. The maximum Gasteiger partial charge on any atom is 0.0441 e. The van der Waals surface area contributed by atoms with Crippen molar-refractivity contribution in [2.45, 2.75) is 6.42 Å². The molecule has 0 unspecified atom stereocenters. The predicted molar refractivity (Wildman–Crippen MR) is 46.1 cm³/mol. The molecule has 1 rings (SSSR count). The second-order valence-electron chi connectivity index (χ2n) is 1.91. The second kappa shape index (κ2) is 4.12. The van der Waals surface area contributed by atoms with Crippen LogP contribution in [0.2, 0.25) is 0 Å². The molecule has 0 amide bonds. The molecule has 0 bridgehead atoms. The van der Waals surface area contributed by atoms with Crippen LogP contribution in [0.25, 0.3) is 0 Å². The summed E-state index contributed by atoms with van der Waals surface area (Å²) < 4.78 is 0. The van der Waals surface area contributed by atoms with E-state index >= 15 is 0 Å². The summed E-state index contributed by atoms with van der Waals surface area (Å²) in [6.07, 6.45) is 4.62. The van der Waals surface area contributed by atoms with Crippen LogP contribution in [0.4, 0.5) is 0 Å². The number of pyridine rings is 1. The van der Waals surface area contributed by atoms with E-state index in [0.29, 0.717) is 0 Å². The van der Waals surface area contributed by atoms with E-state index in [2.05, 4.69) is 17.6 Å². The van der Waals surface area contributed by atoms with Gasteiger partial charge in [-0.1, -0.05) is 12.1 Å². The fourth-order valence-electron chi connectivity index (χ4n) is 0.692. The molecule has 0 saturated carbocycles. The summed E-state index contributed by atoms with van der Waals surface area (Å²) in [5, 5.41) is 1.73. The number of nitrogens with zero attached hydrogens (tertiary/aromatic N) is 1. The van der Waals surface area contributed by atoms with Gasteiger partial charge in [-0.15, -0.1) is 0 Å². The van der Waals surface area contributed by atoms with Gasteiger partial charge in [-0.3, -0.25) is 4.98 Å². The Labute approximate surface area is 66.2 Å². The van der Waals surface area contributed by atoms with E-state index in [1.807, 2.05) is 24.3 Å². The van der Waals surface area contributed by atoms with Gasteiger partial charge in [0.05, 0.1) is 0 Å². The zero-order chi connectivity index (χ0) is 7.23. The lowest BCUT2D eigenvalue weighted by molar-refractivity contribution is 1.11. The van der Waals surface area contributed by atoms with E-state index in [1.165, 1.54) is 0 Å². The van der Waals surface area contributed by atoms with Crippen molar-refractivity contribution in [1.82, 2.24) is 4.98 Å². The van der Waals surface area contributed by atoms with E-state index in [0.717, 1.165) is 12.1 Å². The molecule has 0 aliphatic carbocycles. The van der Waals surface area contributed by atoms with Gasteiger partial charge in [-0.05, 0) is 17.5 Å². The minimum atomic E-state index is 0.865. The van der Waals surface area contributed by atoms with Crippen molar-refractivity contribution >= 4 is 12.6 Å². The van der Waals surface area contributed by atoms with Gasteiger partial charge in [-0.25, -0.2) is 0 Å². The van der Waals surface area contributed by atoms with Gasteiger partial charge in [-0.2, -0.15) is 12.6 Å². The fourth-order valence-corrected chi connectivity index (χ4v) is 0.798. The van der Waals surface area contributed by atoms with Crippen molar-refractivity contribution in [3.8, 4) is 0 Å². The Balaban J connectivity index is 2.59. The monoisotopic (exact) mass is 151 g/mol. The lowest BCUT2D eigenvalue weighted by Gasteiger charge is -1.90. The van der Waals surface area contributed by atoms with Gasteiger partial charge < -0.3 is 0 Å². The average molecular weight is 151 g/mol. The quantitative estimate of drug-likeness (QED) is 0.638. The SMILES string of the molecule is SC=CCc1ccccn1. The first-order valence-electron chi connectivity index (χ1n) is 3.12. The first-order valence-corrected chi connectivity index (χ1v) is 3.64. The highest BCUT2D eigenvalue weighted by Gasteiger charge is 1.84. The molecular formula is C8H9NS. The third-order valence-corrected chi connectivity index (χ3v) is 1.37. The molecule has 1 aromatic rings. The molecule has 0 aromatic carbocycles. The molecule has 2 heteroatoms. The normalized spacial score (nSPS) is 10.5. The Bertz CT molecular complexity index is 206. The van der Waals surface area contributed by atoms with Gasteiger partial charge in [0.2, 0.25) is 0 Å². The lowest BCUT2D eigenvalue weighted by atomic mass is 10.3.